The van der Waals surface area contributed by atoms with Crippen molar-refractivity contribution in [2.75, 3.05) is 6.61 Å². The zero-order valence-corrected chi connectivity index (χ0v) is 13.3. The van der Waals surface area contributed by atoms with Crippen molar-refractivity contribution in [2.24, 2.45) is 23.0 Å². The Morgan fingerprint density at radius 3 is 2.91 bits per heavy atom. The van der Waals surface area contributed by atoms with E-state index in [1.165, 1.54) is 6.08 Å². The Hall–Kier alpha value is -2.24. The van der Waals surface area contributed by atoms with Crippen LogP contribution in [0.1, 0.15) is 24.4 Å². The van der Waals surface area contributed by atoms with E-state index in [1.54, 1.807) is 18.3 Å². The van der Waals surface area contributed by atoms with Crippen LogP contribution in [0.3, 0.4) is 0 Å². The van der Waals surface area contributed by atoms with Gasteiger partial charge in [0, 0.05) is 11.3 Å². The molecule has 23 heavy (non-hydrogen) atoms. The first kappa shape index (κ1) is 15.6. The Morgan fingerprint density at radius 1 is 1.52 bits per heavy atom. The van der Waals surface area contributed by atoms with E-state index in [-0.39, 0.29) is 23.6 Å². The third-order valence-electron chi connectivity index (χ3n) is 4.78. The minimum Gasteiger partial charge on any atom is -0.489 e. The second kappa shape index (κ2) is 5.76. The van der Waals surface area contributed by atoms with E-state index in [4.69, 9.17) is 10.5 Å². The second-order valence-electron chi connectivity index (χ2n) is 6.34. The molecule has 122 valence electrons. The number of allylic oxidation sites excluding steroid dienone is 4. The predicted molar refractivity (Wildman–Crippen MR) is 83.2 cm³/mol. The molecule has 2 N–H and O–H groups in total. The van der Waals surface area contributed by atoms with Gasteiger partial charge in [0.05, 0.1) is 18.5 Å². The fourth-order valence-electron chi connectivity index (χ4n) is 3.35. The van der Waals surface area contributed by atoms with Gasteiger partial charge in [0.15, 0.2) is 5.75 Å². The van der Waals surface area contributed by atoms with Gasteiger partial charge in [0.1, 0.15) is 11.7 Å². The molecule has 0 aromatic carbocycles. The maximum absolute atomic E-state index is 13.6. The fourth-order valence-corrected chi connectivity index (χ4v) is 3.35. The first-order valence-corrected chi connectivity index (χ1v) is 7.68. The molecule has 6 heteroatoms. The molecule has 0 aliphatic heterocycles. The minimum absolute atomic E-state index is 0.0864. The Labute approximate surface area is 134 Å². The minimum atomic E-state index is -0.439. The van der Waals surface area contributed by atoms with Gasteiger partial charge in [-0.25, -0.2) is 14.4 Å². The largest absolute Gasteiger partial charge is 0.489 e. The van der Waals surface area contributed by atoms with E-state index < -0.39 is 5.41 Å². The number of carbonyl (C=O) groups excluding carboxylic acids is 1. The number of nitrogens with zero attached hydrogens (tertiary/aromatic N) is 2. The molecule has 0 radical (unpaired) electrons. The zero-order chi connectivity index (χ0) is 16.6. The van der Waals surface area contributed by atoms with Crippen molar-refractivity contribution in [2.45, 2.75) is 26.7 Å². The zero-order valence-electron chi connectivity index (χ0n) is 13.3. The number of ether oxygens (including phenoxy) is 1. The molecule has 1 unspecified atom stereocenters. The van der Waals surface area contributed by atoms with Crippen molar-refractivity contribution < 1.29 is 13.9 Å². The molecule has 3 atom stereocenters. The van der Waals surface area contributed by atoms with Crippen LogP contribution in [0.25, 0.3) is 0 Å². The Bertz CT molecular complexity index is 701. The van der Waals surface area contributed by atoms with Gasteiger partial charge in [-0.15, -0.1) is 0 Å². The summed E-state index contributed by atoms with van der Waals surface area (Å²) in [5, 5.41) is 0. The lowest BCUT2D eigenvalue weighted by Gasteiger charge is -2.26. The molecule has 1 amide bonds. The molecule has 1 saturated carbocycles. The lowest BCUT2D eigenvalue weighted by molar-refractivity contribution is -0.120. The summed E-state index contributed by atoms with van der Waals surface area (Å²) in [7, 11) is 0. The van der Waals surface area contributed by atoms with Crippen molar-refractivity contribution in [3.05, 3.63) is 41.8 Å². The molecule has 3 rings (SSSR count). The van der Waals surface area contributed by atoms with Gasteiger partial charge in [-0.1, -0.05) is 6.08 Å². The van der Waals surface area contributed by atoms with Gasteiger partial charge >= 0.3 is 0 Å². The molecule has 1 aromatic heterocycles. The van der Waals surface area contributed by atoms with Gasteiger partial charge in [0.2, 0.25) is 5.91 Å². The predicted octanol–water partition coefficient (Wildman–Crippen LogP) is 2.39. The van der Waals surface area contributed by atoms with E-state index >= 15 is 0 Å². The van der Waals surface area contributed by atoms with Crippen LogP contribution in [0.5, 0.6) is 5.75 Å². The molecule has 1 aromatic rings. The highest BCUT2D eigenvalue weighted by Gasteiger charge is 2.61. The fraction of sp³-hybridized carbons (Fsp3) is 0.471. The monoisotopic (exact) mass is 317 g/mol. The smallest absolute Gasteiger partial charge is 0.221 e. The SMILES string of the molecule is Cc1ncc(OC[C@@]2(C3C=C(F)C=CC3)C[C@H]2C(N)=O)c(C)n1. The lowest BCUT2D eigenvalue weighted by Crippen LogP contribution is -2.30. The van der Waals surface area contributed by atoms with Crippen LogP contribution < -0.4 is 10.5 Å². The molecular formula is C17H20FN3O2. The van der Waals surface area contributed by atoms with Crippen LogP contribution in [0.15, 0.2) is 30.3 Å². The molecular weight excluding hydrogens is 297 g/mol. The average Bonchev–Trinajstić information content (AvgIpc) is 3.23. The van der Waals surface area contributed by atoms with Gasteiger partial charge in [-0.2, -0.15) is 0 Å². The molecule has 5 nitrogen and oxygen atoms in total. The normalized spacial score (nSPS) is 29.1. The Balaban J connectivity index is 1.78. The van der Waals surface area contributed by atoms with E-state index in [9.17, 15) is 9.18 Å². The van der Waals surface area contributed by atoms with Crippen LogP contribution >= 0.6 is 0 Å². The van der Waals surface area contributed by atoms with Crippen molar-refractivity contribution in [3.63, 3.8) is 0 Å². The molecule has 0 saturated heterocycles. The van der Waals surface area contributed by atoms with Crippen molar-refractivity contribution in [1.82, 2.24) is 9.97 Å². The van der Waals surface area contributed by atoms with Crippen LogP contribution in [0, 0.1) is 31.1 Å². The average molecular weight is 317 g/mol. The van der Waals surface area contributed by atoms with Crippen molar-refractivity contribution >= 4 is 5.91 Å². The van der Waals surface area contributed by atoms with Crippen molar-refractivity contribution in [3.8, 4) is 5.75 Å². The number of hydrogen-bond donors (Lipinski definition) is 1. The summed E-state index contributed by atoms with van der Waals surface area (Å²) < 4.78 is 19.5. The van der Waals surface area contributed by atoms with E-state index in [0.717, 1.165) is 5.69 Å². The summed E-state index contributed by atoms with van der Waals surface area (Å²) in [5.41, 5.74) is 5.79. The molecule has 0 bridgehead atoms. The maximum atomic E-state index is 13.6. The quantitative estimate of drug-likeness (QED) is 0.904. The van der Waals surface area contributed by atoms with Crippen LogP contribution in [0.4, 0.5) is 4.39 Å². The highest BCUT2D eigenvalue weighted by molar-refractivity contribution is 5.81. The number of nitrogens with two attached hydrogens (primary N) is 1. The summed E-state index contributed by atoms with van der Waals surface area (Å²) in [4.78, 5) is 20.0. The second-order valence-corrected chi connectivity index (χ2v) is 6.34. The number of carbonyl (C=O) groups is 1. The number of primary amides is 1. The van der Waals surface area contributed by atoms with Crippen molar-refractivity contribution in [1.29, 1.82) is 0 Å². The maximum Gasteiger partial charge on any atom is 0.221 e. The lowest BCUT2D eigenvalue weighted by atomic mass is 9.82. The van der Waals surface area contributed by atoms with Gasteiger partial charge < -0.3 is 10.5 Å². The summed E-state index contributed by atoms with van der Waals surface area (Å²) in [5.74, 6) is 0.264. The van der Waals surface area contributed by atoms with Crippen LogP contribution in [-0.2, 0) is 4.79 Å². The number of amides is 1. The van der Waals surface area contributed by atoms with Gasteiger partial charge in [-0.3, -0.25) is 4.79 Å². The third kappa shape index (κ3) is 2.98. The molecule has 2 aliphatic rings. The van der Waals surface area contributed by atoms with Gasteiger partial charge in [-0.05, 0) is 44.8 Å². The van der Waals surface area contributed by atoms with E-state index in [2.05, 4.69) is 9.97 Å². The first-order chi connectivity index (χ1) is 10.9. The highest BCUT2D eigenvalue weighted by atomic mass is 19.1. The number of rotatable bonds is 5. The van der Waals surface area contributed by atoms with Crippen LogP contribution in [-0.4, -0.2) is 22.5 Å². The summed E-state index contributed by atoms with van der Waals surface area (Å²) in [6.07, 6.45) is 7.75. The number of hydrogen-bond acceptors (Lipinski definition) is 4. The highest BCUT2D eigenvalue weighted by Crippen LogP contribution is 2.60. The van der Waals surface area contributed by atoms with Crippen LogP contribution in [0.2, 0.25) is 0 Å². The van der Waals surface area contributed by atoms with E-state index in [0.29, 0.717) is 31.0 Å². The van der Waals surface area contributed by atoms with Gasteiger partial charge in [0.25, 0.3) is 0 Å². The topological polar surface area (TPSA) is 78.1 Å². The summed E-state index contributed by atoms with van der Waals surface area (Å²) in [6, 6.07) is 0. The number of halogens is 1. The molecule has 0 spiro atoms. The molecule has 1 heterocycles. The number of aromatic nitrogens is 2. The standard InChI is InChI=1S/C17H20FN3O2/c1-10-15(8-20-11(2)21-10)23-9-17(7-14(17)16(19)22)12-4-3-5-13(18)6-12/h3,5-6,8,12,14H,4,7,9H2,1-2H3,(H2,19,22)/t12?,14-,17+/m0/s1. The Kier molecular flexibility index (Phi) is 3.92. The third-order valence-corrected chi connectivity index (χ3v) is 4.78. The Morgan fingerprint density at radius 2 is 2.30 bits per heavy atom. The molecule has 2 aliphatic carbocycles. The summed E-state index contributed by atoms with van der Waals surface area (Å²) >= 11 is 0. The summed E-state index contributed by atoms with van der Waals surface area (Å²) in [6.45, 7) is 3.96. The first-order valence-electron chi connectivity index (χ1n) is 7.68. The van der Waals surface area contributed by atoms with E-state index in [1.807, 2.05) is 13.8 Å². The molecule has 1 fully saturated rings. The number of aryl methyl sites for hydroxylation is 2.